The third-order valence-electron chi connectivity index (χ3n) is 11.8. The molecule has 54 heavy (non-hydrogen) atoms. The van der Waals surface area contributed by atoms with Gasteiger partial charge in [-0.25, -0.2) is 4.90 Å². The number of hydrogen-bond donors (Lipinski definition) is 1. The van der Waals surface area contributed by atoms with Crippen molar-refractivity contribution < 1.29 is 29.1 Å². The number of rotatable bonds is 6. The summed E-state index contributed by atoms with van der Waals surface area (Å²) in [6, 6.07) is 38.0. The molecule has 3 fully saturated rings. The minimum Gasteiger partial charge on any atom is -0.508 e. The maximum absolute atomic E-state index is 15.3. The number of carbonyl (C=O) groups is 5. The summed E-state index contributed by atoms with van der Waals surface area (Å²) in [7, 11) is 0. The van der Waals surface area contributed by atoms with E-state index in [0.717, 1.165) is 5.57 Å². The number of phenols is 1. The predicted molar refractivity (Wildman–Crippen MR) is 203 cm³/mol. The van der Waals surface area contributed by atoms with Gasteiger partial charge in [0.25, 0.3) is 0 Å². The number of hydrogen-bond acceptors (Lipinski definition) is 6. The highest BCUT2D eigenvalue weighted by Crippen LogP contribution is 2.65. The Bertz CT molecular complexity index is 2410. The molecule has 1 N–H and O–H groups in total. The highest BCUT2D eigenvalue weighted by Gasteiger charge is 2.70. The number of carbonyl (C=O) groups excluding carboxylic acids is 5. The molecule has 0 aromatic heterocycles. The maximum Gasteiger partial charge on any atom is 0.246 e. The molecule has 0 unspecified atom stereocenters. The zero-order chi connectivity index (χ0) is 37.3. The molecule has 0 radical (unpaired) electrons. The molecular formula is C45H33ClN2O6. The fourth-order valence-electron chi connectivity index (χ4n) is 9.59. The summed E-state index contributed by atoms with van der Waals surface area (Å²) in [6.45, 7) is 0. The number of allylic oxidation sites excluding steroid dienone is 2. The Morgan fingerprint density at radius 3 is 2.04 bits per heavy atom. The van der Waals surface area contributed by atoms with Crippen LogP contribution in [0.15, 0.2) is 145 Å². The lowest BCUT2D eigenvalue weighted by atomic mass is 9.49. The second kappa shape index (κ2) is 12.8. The van der Waals surface area contributed by atoms with Gasteiger partial charge in [0.15, 0.2) is 5.78 Å². The number of imide groups is 2. The fourth-order valence-corrected chi connectivity index (χ4v) is 9.78. The van der Waals surface area contributed by atoms with Gasteiger partial charge < -0.3 is 5.11 Å². The minimum atomic E-state index is -1.48. The second-order valence-electron chi connectivity index (χ2n) is 14.4. The monoisotopic (exact) mass is 732 g/mol. The van der Waals surface area contributed by atoms with Crippen LogP contribution in [0.1, 0.15) is 45.8 Å². The summed E-state index contributed by atoms with van der Waals surface area (Å²) in [5.41, 5.74) is 1.99. The smallest absolute Gasteiger partial charge is 0.246 e. The topological polar surface area (TPSA) is 112 Å². The number of ketones is 1. The van der Waals surface area contributed by atoms with Gasteiger partial charge in [-0.05, 0) is 72.9 Å². The molecule has 8 nitrogen and oxygen atoms in total. The molecule has 0 bridgehead atoms. The van der Waals surface area contributed by atoms with Crippen LogP contribution in [0, 0.1) is 23.7 Å². The van der Waals surface area contributed by atoms with E-state index in [1.807, 2.05) is 42.5 Å². The Kier molecular flexibility index (Phi) is 7.97. The number of para-hydroxylation sites is 1. The van der Waals surface area contributed by atoms with Crippen molar-refractivity contribution in [2.45, 2.75) is 24.2 Å². The first-order valence-electron chi connectivity index (χ1n) is 18.0. The van der Waals surface area contributed by atoms with E-state index in [9.17, 15) is 24.3 Å². The average Bonchev–Trinajstić information content (AvgIpc) is 3.59. The van der Waals surface area contributed by atoms with E-state index in [2.05, 4.69) is 0 Å². The molecule has 2 aliphatic heterocycles. The summed E-state index contributed by atoms with van der Waals surface area (Å²) in [6.07, 6.45) is 2.33. The second-order valence-corrected chi connectivity index (χ2v) is 14.8. The molecule has 4 amide bonds. The number of aromatic hydroxyl groups is 1. The van der Waals surface area contributed by atoms with Gasteiger partial charge in [-0.1, -0.05) is 108 Å². The summed E-state index contributed by atoms with van der Waals surface area (Å²) < 4.78 is 0. The van der Waals surface area contributed by atoms with Gasteiger partial charge in [-0.2, -0.15) is 0 Å². The van der Waals surface area contributed by atoms with Crippen LogP contribution in [0.4, 0.5) is 11.4 Å². The molecule has 9 heteroatoms. The van der Waals surface area contributed by atoms with Gasteiger partial charge in [0.1, 0.15) is 5.75 Å². The van der Waals surface area contributed by atoms with Crippen LogP contribution in [0.3, 0.4) is 0 Å². The number of amides is 4. The number of halogens is 1. The zero-order valence-corrected chi connectivity index (χ0v) is 29.6. The number of nitrogens with zero attached hydrogens (tertiary/aromatic N) is 2. The molecule has 6 atom stereocenters. The fraction of sp³-hybridized carbons (Fsp3) is 0.178. The third-order valence-corrected chi connectivity index (χ3v) is 12.1. The number of phenolic OH excluding ortho intramolecular Hbond substituents is 1. The van der Waals surface area contributed by atoms with E-state index in [4.69, 9.17) is 11.6 Å². The van der Waals surface area contributed by atoms with E-state index in [0.29, 0.717) is 38.7 Å². The van der Waals surface area contributed by atoms with E-state index in [1.165, 1.54) is 9.80 Å². The average molecular weight is 733 g/mol. The molecule has 266 valence electrons. The van der Waals surface area contributed by atoms with Gasteiger partial charge in [0.2, 0.25) is 23.6 Å². The van der Waals surface area contributed by atoms with Crippen molar-refractivity contribution in [3.63, 3.8) is 0 Å². The van der Waals surface area contributed by atoms with Crippen molar-refractivity contribution in [3.8, 4) is 5.75 Å². The minimum absolute atomic E-state index is 0.0396. The highest BCUT2D eigenvalue weighted by atomic mass is 35.5. The molecule has 1 saturated carbocycles. The molecule has 2 saturated heterocycles. The number of fused-ring (bicyclic) bond motifs is 4. The van der Waals surface area contributed by atoms with Crippen molar-refractivity contribution in [1.82, 2.24) is 0 Å². The van der Waals surface area contributed by atoms with Gasteiger partial charge in [-0.3, -0.25) is 28.9 Å². The Morgan fingerprint density at radius 2 is 1.33 bits per heavy atom. The molecule has 9 rings (SSSR count). The summed E-state index contributed by atoms with van der Waals surface area (Å²) in [5.74, 6) is -5.72. The summed E-state index contributed by atoms with van der Waals surface area (Å²) in [5, 5.41) is 11.9. The number of benzene rings is 5. The van der Waals surface area contributed by atoms with Gasteiger partial charge in [0, 0.05) is 27.6 Å². The Hall–Kier alpha value is -6.12. The van der Waals surface area contributed by atoms with E-state index < -0.39 is 52.7 Å². The lowest BCUT2D eigenvalue weighted by Gasteiger charge is -2.50. The number of anilines is 2. The predicted octanol–water partition coefficient (Wildman–Crippen LogP) is 7.64. The van der Waals surface area contributed by atoms with Crippen molar-refractivity contribution in [3.05, 3.63) is 172 Å². The molecular weight excluding hydrogens is 700 g/mol. The molecule has 2 aliphatic carbocycles. The summed E-state index contributed by atoms with van der Waals surface area (Å²) >= 11 is 6.39. The van der Waals surface area contributed by atoms with E-state index >= 15 is 4.79 Å². The molecule has 4 aliphatic rings. The largest absolute Gasteiger partial charge is 0.508 e. The SMILES string of the molecule is O=C(c1ccccc1)c1ccc(N2C(=O)[C@H]3[C@H](CC=C4[C@H]3C[C@H]3C(=O)N(c5cccc(Cl)c5)C(=O)[C@@]3(c3ccccc3)[C@H]4c3ccccc3O)C2=O)cc1. The third kappa shape index (κ3) is 4.86. The molecule has 5 aromatic rings. The first-order chi connectivity index (χ1) is 26.2. The normalized spacial score (nSPS) is 25.9. The van der Waals surface area contributed by atoms with Crippen LogP contribution in [-0.4, -0.2) is 34.5 Å². The molecule has 0 spiro atoms. The van der Waals surface area contributed by atoms with Gasteiger partial charge in [-0.15, -0.1) is 0 Å². The Labute approximate surface area is 316 Å². The summed E-state index contributed by atoms with van der Waals surface area (Å²) in [4.78, 5) is 74.5. The van der Waals surface area contributed by atoms with Crippen LogP contribution in [0.5, 0.6) is 5.75 Å². The lowest BCUT2D eigenvalue weighted by Crippen LogP contribution is -2.53. The van der Waals surface area contributed by atoms with Gasteiger partial charge >= 0.3 is 0 Å². The van der Waals surface area contributed by atoms with Crippen LogP contribution in [-0.2, 0) is 24.6 Å². The van der Waals surface area contributed by atoms with Crippen LogP contribution >= 0.6 is 11.6 Å². The lowest BCUT2D eigenvalue weighted by molar-refractivity contribution is -0.127. The molecule has 5 aromatic carbocycles. The van der Waals surface area contributed by atoms with E-state index in [-0.39, 0.29) is 30.3 Å². The highest BCUT2D eigenvalue weighted by molar-refractivity contribution is 6.32. The quantitative estimate of drug-likeness (QED) is 0.109. The van der Waals surface area contributed by atoms with Crippen LogP contribution in [0.2, 0.25) is 5.02 Å². The van der Waals surface area contributed by atoms with Crippen molar-refractivity contribution >= 4 is 52.4 Å². The van der Waals surface area contributed by atoms with Crippen LogP contribution < -0.4 is 9.80 Å². The van der Waals surface area contributed by atoms with Gasteiger partial charge in [0.05, 0.1) is 34.5 Å². The van der Waals surface area contributed by atoms with Crippen molar-refractivity contribution in [1.29, 1.82) is 0 Å². The Balaban J connectivity index is 1.16. The van der Waals surface area contributed by atoms with Crippen molar-refractivity contribution in [2.75, 3.05) is 9.80 Å². The van der Waals surface area contributed by atoms with E-state index in [1.54, 1.807) is 97.1 Å². The zero-order valence-electron chi connectivity index (χ0n) is 28.8. The Morgan fingerprint density at radius 1 is 0.667 bits per heavy atom. The first-order valence-corrected chi connectivity index (χ1v) is 18.3. The van der Waals surface area contributed by atoms with Crippen LogP contribution in [0.25, 0.3) is 0 Å². The molecule has 2 heterocycles. The maximum atomic E-state index is 15.3. The standard InChI is InChI=1S/C45H33ClN2O6/c46-29-14-9-15-31(24-29)48-42(52)36-25-35-32(39(33-16-7-8-17-37(33)49)45(36,44(48)54)28-12-5-2-6-13-28)22-23-34-38(35)43(53)47(41(34)51)30-20-18-27(19-21-30)40(50)26-10-3-1-4-11-26/h1-22,24,34-36,38-39,49H,23,25H2/t34-,35+,36-,38-,39+,45+/m0/s1. The van der Waals surface area contributed by atoms with Crippen molar-refractivity contribution in [2.24, 2.45) is 23.7 Å². The first kappa shape index (κ1) is 33.7.